The molecule has 16 heavy (non-hydrogen) atoms. The summed E-state index contributed by atoms with van der Waals surface area (Å²) in [4.78, 5) is 9.64. The molecule has 1 aromatic rings. The van der Waals surface area contributed by atoms with Crippen LogP contribution < -0.4 is 59.1 Å². The Hall–Kier alpha value is 0.400. The first-order valence-electron chi connectivity index (χ1n) is 3.37. The predicted octanol–water partition coefficient (Wildman–Crippen LogP) is -5.43. The summed E-state index contributed by atoms with van der Waals surface area (Å²) in [7, 11) is -4.60. The minimum absolute atomic E-state index is 0. The van der Waals surface area contributed by atoms with E-state index in [1.807, 2.05) is 0 Å². The van der Waals surface area contributed by atoms with Gasteiger partial charge in [0.05, 0.1) is 0 Å². The fourth-order valence-corrected chi connectivity index (χ4v) is 1.51. The maximum atomic E-state index is 10.6. The van der Waals surface area contributed by atoms with Crippen molar-refractivity contribution in [3.8, 4) is 5.75 Å². The number of hydrogen-bond acceptors (Lipinski definition) is 4. The van der Waals surface area contributed by atoms with Gasteiger partial charge < -0.3 is 13.1 Å². The van der Waals surface area contributed by atoms with Gasteiger partial charge in [0, 0.05) is 0 Å². The molecule has 0 aliphatic carbocycles. The van der Waals surface area contributed by atoms with Gasteiger partial charge >= 0.3 is 65.1 Å². The first kappa shape index (κ1) is 18.8. The molecular formula is C7H8Na2O6S. The first-order chi connectivity index (χ1) is 6.34. The Bertz CT molecular complexity index is 493. The molecule has 0 saturated heterocycles. The number of hydrogen-bond donors (Lipinski definition) is 3. The zero-order valence-electron chi connectivity index (χ0n) is 10.7. The number of rotatable bonds is 2. The quantitative estimate of drug-likeness (QED) is 0.364. The van der Waals surface area contributed by atoms with E-state index in [9.17, 15) is 18.3 Å². The molecule has 0 spiro atoms. The van der Waals surface area contributed by atoms with Gasteiger partial charge in [-0.2, -0.15) is 8.42 Å². The molecule has 80 valence electrons. The Morgan fingerprint density at radius 3 is 2.12 bits per heavy atom. The number of phenols is 1. The maximum Gasteiger partial charge on any atom is 1.00 e. The van der Waals surface area contributed by atoms with Crippen molar-refractivity contribution in [3.05, 3.63) is 23.8 Å². The molecule has 0 bridgehead atoms. The van der Waals surface area contributed by atoms with E-state index in [0.29, 0.717) is 0 Å². The van der Waals surface area contributed by atoms with Gasteiger partial charge in [0.2, 0.25) is 0 Å². The standard InChI is InChI=1S/C7H6O6S.2Na.2H/c8-6-4(7(9)10)2-1-3-5(6)14(11,12)13;;;;/h1-3,8H,(H,9,10)(H,11,12,13);;;;/q;2*+1;2*-1. The smallest absolute Gasteiger partial charge is 1.00 e. The van der Waals surface area contributed by atoms with Crippen molar-refractivity contribution >= 4 is 16.1 Å². The summed E-state index contributed by atoms with van der Waals surface area (Å²) in [5, 5.41) is 17.7. The minimum Gasteiger partial charge on any atom is -1.00 e. The molecule has 0 atom stereocenters. The number of carboxylic acids is 1. The number of carboxylic acid groups (broad SMARTS) is 1. The van der Waals surface area contributed by atoms with Crippen LogP contribution in [0.1, 0.15) is 13.2 Å². The van der Waals surface area contributed by atoms with Crippen LogP contribution in [0.2, 0.25) is 0 Å². The van der Waals surface area contributed by atoms with Crippen molar-refractivity contribution in [2.24, 2.45) is 0 Å². The summed E-state index contributed by atoms with van der Waals surface area (Å²) >= 11 is 0. The molecule has 0 unspecified atom stereocenters. The average molecular weight is 266 g/mol. The number of aromatic carboxylic acids is 1. The van der Waals surface area contributed by atoms with Crippen LogP contribution in [-0.2, 0) is 10.1 Å². The summed E-state index contributed by atoms with van der Waals surface area (Å²) < 4.78 is 29.9. The van der Waals surface area contributed by atoms with Crippen molar-refractivity contribution in [1.82, 2.24) is 0 Å². The number of aromatic hydroxyl groups is 1. The Labute approximate surface area is 139 Å². The molecule has 3 N–H and O–H groups in total. The Morgan fingerprint density at radius 1 is 1.25 bits per heavy atom. The summed E-state index contributed by atoms with van der Waals surface area (Å²) in [6.07, 6.45) is 0. The second kappa shape index (κ2) is 6.97. The normalized spacial score (nSPS) is 9.81. The van der Waals surface area contributed by atoms with E-state index < -0.39 is 32.3 Å². The zero-order valence-corrected chi connectivity index (χ0v) is 13.5. The van der Waals surface area contributed by atoms with E-state index in [0.717, 1.165) is 18.2 Å². The molecule has 0 fully saturated rings. The minimum atomic E-state index is -4.60. The molecule has 0 heterocycles. The van der Waals surface area contributed by atoms with Gasteiger partial charge in [-0.1, -0.05) is 6.07 Å². The van der Waals surface area contributed by atoms with Crippen molar-refractivity contribution in [2.75, 3.05) is 0 Å². The molecular weight excluding hydrogens is 258 g/mol. The van der Waals surface area contributed by atoms with Crippen LogP contribution >= 0.6 is 0 Å². The van der Waals surface area contributed by atoms with Crippen LogP contribution in [0, 0.1) is 0 Å². The number of para-hydroxylation sites is 1. The SMILES string of the molecule is O=C(O)c1cccc(S(=O)(=O)O)c1O.[H-].[H-].[Na+].[Na+]. The number of benzene rings is 1. The van der Waals surface area contributed by atoms with E-state index >= 15 is 0 Å². The van der Waals surface area contributed by atoms with Gasteiger partial charge in [-0.3, -0.25) is 4.55 Å². The summed E-state index contributed by atoms with van der Waals surface area (Å²) in [6.45, 7) is 0. The van der Waals surface area contributed by atoms with Crippen molar-refractivity contribution < 1.29 is 89.9 Å². The fraction of sp³-hybridized carbons (Fsp3) is 0. The van der Waals surface area contributed by atoms with Crippen LogP contribution in [0.4, 0.5) is 0 Å². The molecule has 6 nitrogen and oxygen atoms in total. The van der Waals surface area contributed by atoms with Gasteiger partial charge in [-0.25, -0.2) is 4.79 Å². The third-order valence-corrected chi connectivity index (χ3v) is 2.39. The fourth-order valence-electron chi connectivity index (χ4n) is 0.903. The first-order valence-corrected chi connectivity index (χ1v) is 4.81. The van der Waals surface area contributed by atoms with Crippen LogP contribution in [-0.4, -0.2) is 29.2 Å². The van der Waals surface area contributed by atoms with E-state index in [2.05, 4.69) is 0 Å². The van der Waals surface area contributed by atoms with Crippen LogP contribution in [0.25, 0.3) is 0 Å². The van der Waals surface area contributed by atoms with Gasteiger partial charge in [-0.05, 0) is 12.1 Å². The molecule has 0 aliphatic heterocycles. The molecule has 1 aromatic carbocycles. The van der Waals surface area contributed by atoms with E-state index in [1.54, 1.807) is 0 Å². The molecule has 9 heteroatoms. The molecule has 1 rings (SSSR count). The van der Waals surface area contributed by atoms with Crippen LogP contribution in [0.3, 0.4) is 0 Å². The van der Waals surface area contributed by atoms with Gasteiger partial charge in [0.25, 0.3) is 10.1 Å². The predicted molar refractivity (Wildman–Crippen MR) is 47.1 cm³/mol. The molecule has 0 radical (unpaired) electrons. The average Bonchev–Trinajstić information content (AvgIpc) is 2.01. The van der Waals surface area contributed by atoms with E-state index in [-0.39, 0.29) is 62.0 Å². The molecule has 0 aliphatic rings. The third kappa shape index (κ3) is 4.34. The van der Waals surface area contributed by atoms with E-state index in [1.165, 1.54) is 0 Å². The monoisotopic (exact) mass is 266 g/mol. The van der Waals surface area contributed by atoms with Gasteiger partial charge in [0.15, 0.2) is 5.75 Å². The van der Waals surface area contributed by atoms with Crippen LogP contribution in [0.5, 0.6) is 5.75 Å². The maximum absolute atomic E-state index is 10.6. The molecule has 0 amide bonds. The number of carbonyl (C=O) groups is 1. The largest absolute Gasteiger partial charge is 1.00 e. The van der Waals surface area contributed by atoms with E-state index in [4.69, 9.17) is 9.66 Å². The zero-order chi connectivity index (χ0) is 10.9. The second-order valence-corrected chi connectivity index (χ2v) is 3.82. The summed E-state index contributed by atoms with van der Waals surface area (Å²) in [6, 6.07) is 3.02. The van der Waals surface area contributed by atoms with Crippen molar-refractivity contribution in [3.63, 3.8) is 0 Å². The second-order valence-electron chi connectivity index (χ2n) is 2.43. The summed E-state index contributed by atoms with van der Waals surface area (Å²) in [5.74, 6) is -2.45. The van der Waals surface area contributed by atoms with Gasteiger partial charge in [-0.15, -0.1) is 0 Å². The summed E-state index contributed by atoms with van der Waals surface area (Å²) in [5.41, 5.74) is -0.583. The van der Waals surface area contributed by atoms with Crippen LogP contribution in [0.15, 0.2) is 23.1 Å². The Kier molecular flexibility index (Phi) is 8.17. The van der Waals surface area contributed by atoms with Gasteiger partial charge in [0.1, 0.15) is 10.5 Å². The van der Waals surface area contributed by atoms with Crippen molar-refractivity contribution in [1.29, 1.82) is 0 Å². The van der Waals surface area contributed by atoms with Crippen molar-refractivity contribution in [2.45, 2.75) is 4.90 Å². The molecule has 0 saturated carbocycles. The topological polar surface area (TPSA) is 112 Å². The molecule has 0 aromatic heterocycles. The Balaban J connectivity index is -0.000000245. The Morgan fingerprint density at radius 2 is 1.75 bits per heavy atom. The third-order valence-electron chi connectivity index (χ3n) is 1.51.